The van der Waals surface area contributed by atoms with E-state index in [1.807, 2.05) is 58.1 Å². The van der Waals surface area contributed by atoms with Gasteiger partial charge in [-0.1, -0.05) is 36.0 Å². The van der Waals surface area contributed by atoms with Crippen LogP contribution in [0.3, 0.4) is 0 Å². The molecule has 5 nitrogen and oxygen atoms in total. The molecule has 0 aliphatic carbocycles. The summed E-state index contributed by atoms with van der Waals surface area (Å²) in [6.45, 7) is 1.65. The third-order valence-electron chi connectivity index (χ3n) is 5.16. The summed E-state index contributed by atoms with van der Waals surface area (Å²) >= 11 is 4.43. The number of para-hydroxylation sites is 1. The number of rotatable bonds is 5. The van der Waals surface area contributed by atoms with Crippen LogP contribution in [0.25, 0.3) is 26.3 Å². The summed E-state index contributed by atoms with van der Waals surface area (Å²) in [5, 5.41) is 5.22. The smallest absolute Gasteiger partial charge is 0.268 e. The number of fused-ring (bicyclic) bond motifs is 1. The predicted molar refractivity (Wildman–Crippen MR) is 125 cm³/mol. The second kappa shape index (κ2) is 8.37. The maximum Gasteiger partial charge on any atom is 0.268 e. The van der Waals surface area contributed by atoms with Crippen LogP contribution in [0.4, 0.5) is 0 Å². The van der Waals surface area contributed by atoms with Gasteiger partial charge in [0, 0.05) is 28.9 Å². The lowest BCUT2D eigenvalue weighted by atomic mass is 10.2. The van der Waals surface area contributed by atoms with Crippen LogP contribution in [0.15, 0.2) is 63.2 Å². The molecule has 1 amide bonds. The van der Waals surface area contributed by atoms with Crippen LogP contribution >= 0.6 is 34.4 Å². The molecule has 1 aliphatic heterocycles. The number of carbonyl (C=O) groups excluding carboxylic acids is 1. The summed E-state index contributed by atoms with van der Waals surface area (Å²) in [5.74, 6) is 0.394. The third-order valence-corrected chi connectivity index (χ3v) is 7.86. The highest BCUT2D eigenvalue weighted by Gasteiger charge is 2.22. The second-order valence-electron chi connectivity index (χ2n) is 7.05. The number of thiophene rings is 2. The van der Waals surface area contributed by atoms with Crippen molar-refractivity contribution in [2.24, 2.45) is 0 Å². The van der Waals surface area contributed by atoms with Gasteiger partial charge >= 0.3 is 0 Å². The molecule has 1 saturated heterocycles. The Kier molecular flexibility index (Phi) is 5.45. The van der Waals surface area contributed by atoms with Gasteiger partial charge in [0.2, 0.25) is 5.91 Å². The molecule has 0 N–H and O–H groups in total. The van der Waals surface area contributed by atoms with E-state index in [0.717, 1.165) is 42.1 Å². The van der Waals surface area contributed by atoms with E-state index in [1.165, 1.54) is 23.1 Å². The lowest BCUT2D eigenvalue weighted by Gasteiger charge is -2.16. The second-order valence-corrected chi connectivity index (χ2v) is 9.80. The van der Waals surface area contributed by atoms with Crippen LogP contribution in [-0.4, -0.2) is 39.2 Å². The van der Waals surface area contributed by atoms with Crippen molar-refractivity contribution in [3.05, 3.63) is 63.6 Å². The molecule has 0 spiro atoms. The Balaban J connectivity index is 1.60. The minimum absolute atomic E-state index is 0.0908. The van der Waals surface area contributed by atoms with Crippen molar-refractivity contribution >= 4 is 50.6 Å². The lowest BCUT2D eigenvalue weighted by molar-refractivity contribution is -0.127. The Hall–Kier alpha value is -2.42. The third kappa shape index (κ3) is 3.59. The highest BCUT2D eigenvalue weighted by molar-refractivity contribution is 7.99. The van der Waals surface area contributed by atoms with E-state index in [-0.39, 0.29) is 17.2 Å². The maximum absolute atomic E-state index is 13.7. The zero-order valence-corrected chi connectivity index (χ0v) is 18.6. The molecule has 1 fully saturated rings. The summed E-state index contributed by atoms with van der Waals surface area (Å²) in [4.78, 5) is 34.7. The number of hydrogen-bond donors (Lipinski definition) is 0. The first-order chi connectivity index (χ1) is 14.7. The summed E-state index contributed by atoms with van der Waals surface area (Å²) in [6, 6.07) is 13.5. The quantitative estimate of drug-likeness (QED) is 0.319. The molecule has 152 valence electrons. The molecule has 0 radical (unpaired) electrons. The van der Waals surface area contributed by atoms with Crippen molar-refractivity contribution < 1.29 is 4.79 Å². The largest absolute Gasteiger partial charge is 0.342 e. The molecule has 30 heavy (non-hydrogen) atoms. The molecular formula is C22H19N3O2S3. The minimum atomic E-state index is -0.0908. The Bertz CT molecular complexity index is 1240. The average Bonchev–Trinajstić information content (AvgIpc) is 3.54. The van der Waals surface area contributed by atoms with E-state index in [4.69, 9.17) is 4.98 Å². The monoisotopic (exact) mass is 453 g/mol. The van der Waals surface area contributed by atoms with Gasteiger partial charge < -0.3 is 4.90 Å². The van der Waals surface area contributed by atoms with Crippen molar-refractivity contribution in [2.45, 2.75) is 18.0 Å². The zero-order chi connectivity index (χ0) is 20.5. The van der Waals surface area contributed by atoms with Crippen molar-refractivity contribution in [1.29, 1.82) is 0 Å². The van der Waals surface area contributed by atoms with Gasteiger partial charge in [-0.2, -0.15) is 0 Å². The van der Waals surface area contributed by atoms with Crippen LogP contribution in [0.2, 0.25) is 0 Å². The number of carbonyl (C=O) groups is 1. The molecule has 4 aromatic rings. The Labute approximate surface area is 186 Å². The molecule has 1 aromatic carbocycles. The van der Waals surface area contributed by atoms with Gasteiger partial charge in [-0.3, -0.25) is 14.2 Å². The standard InChI is InChI=1S/C22H19N3O2S3/c26-18(24-10-4-5-11-24)14-30-22-23-20-19(16(13-29-20)17-9-6-12-28-17)21(27)25(22)15-7-2-1-3-8-15/h1-3,6-9,12-13H,4-5,10-11,14H2. The molecule has 8 heteroatoms. The number of nitrogens with zero attached hydrogens (tertiary/aromatic N) is 3. The number of hydrogen-bond acceptors (Lipinski definition) is 6. The molecule has 1 aliphatic rings. The van der Waals surface area contributed by atoms with E-state index in [1.54, 1.807) is 15.9 Å². The Morgan fingerprint density at radius 2 is 1.87 bits per heavy atom. The van der Waals surface area contributed by atoms with Gasteiger partial charge in [-0.25, -0.2) is 4.98 Å². The number of aromatic nitrogens is 2. The molecule has 0 bridgehead atoms. The first kappa shape index (κ1) is 19.5. The molecular weight excluding hydrogens is 434 g/mol. The molecule has 3 aromatic heterocycles. The molecule has 0 unspecified atom stereocenters. The van der Waals surface area contributed by atoms with Crippen molar-refractivity contribution in [2.75, 3.05) is 18.8 Å². The molecule has 0 saturated carbocycles. The van der Waals surface area contributed by atoms with Gasteiger partial charge in [-0.05, 0) is 36.4 Å². The van der Waals surface area contributed by atoms with Gasteiger partial charge in [0.25, 0.3) is 5.56 Å². The van der Waals surface area contributed by atoms with Crippen molar-refractivity contribution in [3.63, 3.8) is 0 Å². The van der Waals surface area contributed by atoms with Crippen LogP contribution in [0, 0.1) is 0 Å². The first-order valence-electron chi connectivity index (χ1n) is 9.76. The number of thioether (sulfide) groups is 1. The highest BCUT2D eigenvalue weighted by atomic mass is 32.2. The van der Waals surface area contributed by atoms with E-state index >= 15 is 0 Å². The van der Waals surface area contributed by atoms with Crippen LogP contribution < -0.4 is 5.56 Å². The van der Waals surface area contributed by atoms with E-state index in [2.05, 4.69) is 0 Å². The van der Waals surface area contributed by atoms with Crippen LogP contribution in [-0.2, 0) is 4.79 Å². The van der Waals surface area contributed by atoms with Crippen LogP contribution in [0.5, 0.6) is 0 Å². The predicted octanol–water partition coefficient (Wildman–Crippen LogP) is 4.89. The van der Waals surface area contributed by atoms with Crippen molar-refractivity contribution in [3.8, 4) is 16.1 Å². The zero-order valence-electron chi connectivity index (χ0n) is 16.1. The Morgan fingerprint density at radius 1 is 1.07 bits per heavy atom. The SMILES string of the molecule is O=C(CSc1nc2scc(-c3cccs3)c2c(=O)n1-c1ccccc1)N1CCCC1. The summed E-state index contributed by atoms with van der Waals surface area (Å²) in [7, 11) is 0. The summed E-state index contributed by atoms with van der Waals surface area (Å²) in [5.41, 5.74) is 1.60. The van der Waals surface area contributed by atoms with Gasteiger partial charge in [-0.15, -0.1) is 22.7 Å². The first-order valence-corrected chi connectivity index (χ1v) is 12.5. The number of benzene rings is 1. The number of amides is 1. The fourth-order valence-electron chi connectivity index (χ4n) is 3.67. The fraction of sp³-hybridized carbons (Fsp3) is 0.227. The minimum Gasteiger partial charge on any atom is -0.342 e. The highest BCUT2D eigenvalue weighted by Crippen LogP contribution is 2.35. The number of likely N-dealkylation sites (tertiary alicyclic amines) is 1. The van der Waals surface area contributed by atoms with Crippen molar-refractivity contribution in [1.82, 2.24) is 14.5 Å². The van der Waals surface area contributed by atoms with E-state index in [9.17, 15) is 9.59 Å². The lowest BCUT2D eigenvalue weighted by Crippen LogP contribution is -2.29. The molecule has 0 atom stereocenters. The van der Waals surface area contributed by atoms with Gasteiger partial charge in [0.05, 0.1) is 16.8 Å². The van der Waals surface area contributed by atoms with E-state index in [0.29, 0.717) is 15.4 Å². The normalized spacial score (nSPS) is 13.9. The summed E-state index contributed by atoms with van der Waals surface area (Å²) in [6.07, 6.45) is 2.13. The molecule has 4 heterocycles. The fourth-order valence-corrected chi connectivity index (χ4v) is 6.39. The van der Waals surface area contributed by atoms with Gasteiger partial charge in [0.1, 0.15) is 4.83 Å². The topological polar surface area (TPSA) is 55.2 Å². The maximum atomic E-state index is 13.7. The van der Waals surface area contributed by atoms with Gasteiger partial charge in [0.15, 0.2) is 5.16 Å². The average molecular weight is 454 g/mol. The molecule has 5 rings (SSSR count). The Morgan fingerprint density at radius 3 is 2.60 bits per heavy atom. The summed E-state index contributed by atoms with van der Waals surface area (Å²) < 4.78 is 1.65. The van der Waals surface area contributed by atoms with E-state index < -0.39 is 0 Å². The van der Waals surface area contributed by atoms with Crippen LogP contribution in [0.1, 0.15) is 12.8 Å².